The third-order valence-corrected chi connectivity index (χ3v) is 5.94. The summed E-state index contributed by atoms with van der Waals surface area (Å²) >= 11 is 6.01. The van der Waals surface area contributed by atoms with Crippen LogP contribution in [-0.4, -0.2) is 25.9 Å². The largest absolute Gasteiger partial charge is 0.497 e. The Morgan fingerprint density at radius 2 is 1.72 bits per heavy atom. The maximum absolute atomic E-state index is 13.2. The Morgan fingerprint density at radius 3 is 2.41 bits per heavy atom. The number of hydrogen-bond acceptors (Lipinski definition) is 4. The molecule has 4 rings (SSSR count). The highest BCUT2D eigenvalue weighted by Gasteiger charge is 2.38. The minimum atomic E-state index is -0.239. The van der Waals surface area contributed by atoms with E-state index < -0.39 is 0 Å². The lowest BCUT2D eigenvalue weighted by molar-refractivity contribution is -0.122. The molecule has 2 aromatic carbocycles. The minimum Gasteiger partial charge on any atom is -0.497 e. The fourth-order valence-electron chi connectivity index (χ4n) is 4.32. The van der Waals surface area contributed by atoms with Crippen LogP contribution in [0.3, 0.4) is 0 Å². The molecule has 0 fully saturated rings. The van der Waals surface area contributed by atoms with Crippen LogP contribution >= 0.6 is 11.6 Å². The van der Waals surface area contributed by atoms with Gasteiger partial charge in [-0.2, -0.15) is 0 Å². The van der Waals surface area contributed by atoms with Crippen molar-refractivity contribution < 1.29 is 19.1 Å². The van der Waals surface area contributed by atoms with E-state index in [0.29, 0.717) is 40.6 Å². The molecule has 2 aromatic rings. The van der Waals surface area contributed by atoms with Crippen LogP contribution in [0.1, 0.15) is 42.2 Å². The van der Waals surface area contributed by atoms with E-state index in [9.17, 15) is 9.59 Å². The van der Waals surface area contributed by atoms with Gasteiger partial charge in [0.15, 0.2) is 5.78 Å². The number of methoxy groups -OCH3 is 2. The first-order valence-electron chi connectivity index (χ1n) is 9.53. The first kappa shape index (κ1) is 19.5. The highest BCUT2D eigenvalue weighted by Crippen LogP contribution is 2.45. The summed E-state index contributed by atoms with van der Waals surface area (Å²) in [7, 11) is 3.22. The number of carbonyl (C=O) groups is 2. The van der Waals surface area contributed by atoms with E-state index in [0.717, 1.165) is 11.1 Å². The van der Waals surface area contributed by atoms with Crippen LogP contribution in [0.4, 0.5) is 0 Å². The second-order valence-corrected chi connectivity index (χ2v) is 7.82. The Balaban J connectivity index is 1.72. The molecule has 0 saturated heterocycles. The van der Waals surface area contributed by atoms with Crippen molar-refractivity contribution in [3.05, 3.63) is 69.9 Å². The van der Waals surface area contributed by atoms with Gasteiger partial charge in [0.25, 0.3) is 0 Å². The minimum absolute atomic E-state index is 0.0565. The molecule has 1 N–H and O–H groups in total. The summed E-state index contributed by atoms with van der Waals surface area (Å²) < 4.78 is 10.9. The summed E-state index contributed by atoms with van der Waals surface area (Å²) in [6.45, 7) is 0. The van der Waals surface area contributed by atoms with Gasteiger partial charge in [0.1, 0.15) is 11.5 Å². The van der Waals surface area contributed by atoms with Gasteiger partial charge in [-0.3, -0.25) is 9.59 Å². The normalized spacial score (nSPS) is 21.5. The van der Waals surface area contributed by atoms with Gasteiger partial charge in [-0.15, -0.1) is 0 Å². The van der Waals surface area contributed by atoms with Crippen molar-refractivity contribution in [3.63, 3.8) is 0 Å². The monoisotopic (exact) mass is 411 g/mol. The van der Waals surface area contributed by atoms with Crippen molar-refractivity contribution in [2.45, 2.75) is 31.1 Å². The van der Waals surface area contributed by atoms with Crippen molar-refractivity contribution in [1.82, 2.24) is 5.32 Å². The van der Waals surface area contributed by atoms with Crippen LogP contribution in [0.25, 0.3) is 0 Å². The van der Waals surface area contributed by atoms with E-state index in [1.54, 1.807) is 26.4 Å². The predicted molar refractivity (Wildman–Crippen MR) is 111 cm³/mol. The van der Waals surface area contributed by atoms with Gasteiger partial charge >= 0.3 is 0 Å². The van der Waals surface area contributed by atoms with Crippen molar-refractivity contribution in [3.8, 4) is 11.5 Å². The number of halogens is 1. The van der Waals surface area contributed by atoms with E-state index in [1.165, 1.54) is 0 Å². The van der Waals surface area contributed by atoms with E-state index in [4.69, 9.17) is 21.1 Å². The average Bonchev–Trinajstić information content (AvgIpc) is 2.72. The predicted octanol–water partition coefficient (Wildman–Crippen LogP) is 4.36. The molecule has 29 heavy (non-hydrogen) atoms. The molecule has 5 nitrogen and oxygen atoms in total. The van der Waals surface area contributed by atoms with Gasteiger partial charge < -0.3 is 14.8 Å². The van der Waals surface area contributed by atoms with E-state index >= 15 is 0 Å². The summed E-state index contributed by atoms with van der Waals surface area (Å²) in [5.41, 5.74) is 3.27. The molecule has 0 spiro atoms. The van der Waals surface area contributed by atoms with Crippen molar-refractivity contribution in [2.75, 3.05) is 14.2 Å². The third-order valence-electron chi connectivity index (χ3n) is 5.69. The zero-order valence-corrected chi connectivity index (χ0v) is 17.1. The van der Waals surface area contributed by atoms with E-state index in [2.05, 4.69) is 5.32 Å². The zero-order valence-electron chi connectivity index (χ0n) is 16.3. The first-order valence-corrected chi connectivity index (χ1v) is 9.91. The molecular weight excluding hydrogens is 390 g/mol. The number of nitrogens with one attached hydrogen (secondary N) is 1. The number of ketones is 1. The molecule has 2 atom stereocenters. The van der Waals surface area contributed by atoms with Gasteiger partial charge in [-0.1, -0.05) is 23.7 Å². The second-order valence-electron chi connectivity index (χ2n) is 7.38. The van der Waals surface area contributed by atoms with Gasteiger partial charge in [0.2, 0.25) is 5.91 Å². The molecule has 150 valence electrons. The molecule has 0 saturated carbocycles. The number of benzene rings is 2. The number of carbonyl (C=O) groups excluding carboxylic acids is 2. The molecule has 0 unspecified atom stereocenters. The number of ether oxygens (including phenoxy) is 2. The van der Waals surface area contributed by atoms with Gasteiger partial charge in [-0.25, -0.2) is 0 Å². The Morgan fingerprint density at radius 1 is 0.966 bits per heavy atom. The van der Waals surface area contributed by atoms with Gasteiger partial charge in [-0.05, 0) is 42.3 Å². The first-order chi connectivity index (χ1) is 14.0. The second kappa shape index (κ2) is 7.91. The molecule has 0 radical (unpaired) electrons. The van der Waals surface area contributed by atoms with Crippen LogP contribution in [0.15, 0.2) is 53.7 Å². The molecule has 2 aliphatic rings. The van der Waals surface area contributed by atoms with Crippen LogP contribution in [-0.2, 0) is 9.59 Å². The van der Waals surface area contributed by atoms with E-state index in [1.807, 2.05) is 30.3 Å². The molecule has 6 heteroatoms. The van der Waals surface area contributed by atoms with Crippen molar-refractivity contribution in [1.29, 1.82) is 0 Å². The summed E-state index contributed by atoms with van der Waals surface area (Å²) in [5, 5.41) is 3.58. The van der Waals surface area contributed by atoms with Crippen molar-refractivity contribution in [2.24, 2.45) is 0 Å². The topological polar surface area (TPSA) is 64.6 Å². The number of Topliss-reactive ketones (excluding diaryl/α,β-unsaturated/α-hetero) is 1. The quantitative estimate of drug-likeness (QED) is 0.811. The number of rotatable bonds is 4. The van der Waals surface area contributed by atoms with Gasteiger partial charge in [0, 0.05) is 46.5 Å². The molecule has 1 aliphatic carbocycles. The standard InChI is InChI=1S/C23H22ClNO4/c1-28-16-7-8-21(29-2)17(11-16)14-9-19-23(20(26)10-14)18(12-22(27)25-19)13-3-5-15(24)6-4-13/h3-8,11,14,18H,9-10,12H2,1-2H3,(H,25,27)/t14-,18+/m0/s1. The van der Waals surface area contributed by atoms with Crippen LogP contribution in [0, 0.1) is 0 Å². The lowest BCUT2D eigenvalue weighted by Gasteiger charge is -2.35. The van der Waals surface area contributed by atoms with E-state index in [-0.39, 0.29) is 29.9 Å². The Hall–Kier alpha value is -2.79. The fourth-order valence-corrected chi connectivity index (χ4v) is 4.44. The van der Waals surface area contributed by atoms with Crippen LogP contribution in [0.5, 0.6) is 11.5 Å². The van der Waals surface area contributed by atoms with Crippen LogP contribution in [0.2, 0.25) is 5.02 Å². The molecule has 0 bridgehead atoms. The molecule has 0 aromatic heterocycles. The summed E-state index contributed by atoms with van der Waals surface area (Å²) in [6, 6.07) is 12.9. The average molecular weight is 412 g/mol. The molecule has 1 aliphatic heterocycles. The van der Waals surface area contributed by atoms with Crippen molar-refractivity contribution >= 4 is 23.3 Å². The Kier molecular flexibility index (Phi) is 5.33. The number of allylic oxidation sites excluding steroid dienone is 2. The highest BCUT2D eigenvalue weighted by molar-refractivity contribution is 6.30. The van der Waals surface area contributed by atoms with Crippen LogP contribution < -0.4 is 14.8 Å². The smallest absolute Gasteiger partial charge is 0.225 e. The summed E-state index contributed by atoms with van der Waals surface area (Å²) in [5.74, 6) is 1.08. The maximum Gasteiger partial charge on any atom is 0.225 e. The fraction of sp³-hybridized carbons (Fsp3) is 0.304. The molecule has 1 heterocycles. The molecular formula is C23H22ClNO4. The van der Waals surface area contributed by atoms with Gasteiger partial charge in [0.05, 0.1) is 14.2 Å². The Labute approximate surface area is 174 Å². The SMILES string of the molecule is COc1ccc(OC)c([C@@H]2CC(=O)C3=C(C2)NC(=O)C[C@@H]3c2ccc(Cl)cc2)c1. The lowest BCUT2D eigenvalue weighted by atomic mass is 9.73. The number of hydrogen-bond donors (Lipinski definition) is 1. The maximum atomic E-state index is 13.2. The highest BCUT2D eigenvalue weighted by atomic mass is 35.5. The Bertz CT molecular complexity index is 996. The third kappa shape index (κ3) is 3.75. The summed E-state index contributed by atoms with van der Waals surface area (Å²) in [6.07, 6.45) is 1.20. The number of amides is 1. The summed E-state index contributed by atoms with van der Waals surface area (Å²) in [4.78, 5) is 25.6. The zero-order chi connectivity index (χ0) is 20.5. The lowest BCUT2D eigenvalue weighted by Crippen LogP contribution is -2.38. The molecule has 1 amide bonds.